The highest BCUT2D eigenvalue weighted by molar-refractivity contribution is 7.89. The molecule has 0 atom stereocenters. The predicted molar refractivity (Wildman–Crippen MR) is 119 cm³/mol. The SMILES string of the molecule is CC(C)(CC(=O)O)Cc1nc(-c2ccc(Cl)c(Cl)c2)c(-c2ccc(S(N)(=O)=O)cc2)o1. The van der Waals surface area contributed by atoms with Gasteiger partial charge in [0, 0.05) is 17.5 Å². The van der Waals surface area contributed by atoms with E-state index < -0.39 is 21.4 Å². The van der Waals surface area contributed by atoms with E-state index in [1.54, 1.807) is 30.3 Å². The third-order valence-corrected chi connectivity index (χ3v) is 6.24. The summed E-state index contributed by atoms with van der Waals surface area (Å²) in [5, 5.41) is 15.0. The Labute approximate surface area is 189 Å². The molecule has 7 nitrogen and oxygen atoms in total. The summed E-state index contributed by atoms with van der Waals surface area (Å²) in [6.45, 7) is 3.62. The number of oxazole rings is 1. The number of halogens is 2. The summed E-state index contributed by atoms with van der Waals surface area (Å²) in [6.07, 6.45) is 0.221. The standard InChI is InChI=1S/C21H20Cl2N2O5S/c1-21(2,11-18(26)27)10-17-25-19(13-5-8-15(22)16(23)9-13)20(30-17)12-3-6-14(7-4-12)31(24,28)29/h3-9H,10-11H2,1-2H3,(H,26,27)(H2,24,28,29). The molecule has 0 spiro atoms. The number of hydrogen-bond acceptors (Lipinski definition) is 5. The van der Waals surface area contributed by atoms with Gasteiger partial charge in [0.2, 0.25) is 10.0 Å². The summed E-state index contributed by atoms with van der Waals surface area (Å²) in [7, 11) is -3.84. The minimum Gasteiger partial charge on any atom is -0.481 e. The van der Waals surface area contributed by atoms with Crippen molar-refractivity contribution < 1.29 is 22.7 Å². The van der Waals surface area contributed by atoms with Crippen LogP contribution in [0.1, 0.15) is 26.2 Å². The van der Waals surface area contributed by atoms with E-state index in [1.165, 1.54) is 12.1 Å². The van der Waals surface area contributed by atoms with Crippen LogP contribution < -0.4 is 5.14 Å². The van der Waals surface area contributed by atoms with Crippen molar-refractivity contribution in [2.75, 3.05) is 0 Å². The van der Waals surface area contributed by atoms with Gasteiger partial charge in [-0.25, -0.2) is 18.5 Å². The van der Waals surface area contributed by atoms with E-state index in [0.29, 0.717) is 38.5 Å². The molecule has 0 bridgehead atoms. The van der Waals surface area contributed by atoms with E-state index in [1.807, 2.05) is 13.8 Å². The van der Waals surface area contributed by atoms with Crippen molar-refractivity contribution in [1.29, 1.82) is 0 Å². The number of hydrogen-bond donors (Lipinski definition) is 2. The molecule has 0 radical (unpaired) electrons. The van der Waals surface area contributed by atoms with E-state index >= 15 is 0 Å². The summed E-state index contributed by atoms with van der Waals surface area (Å²) in [5.41, 5.74) is 1.10. The topological polar surface area (TPSA) is 123 Å². The second kappa shape index (κ2) is 8.63. The minimum atomic E-state index is -3.84. The van der Waals surface area contributed by atoms with Crippen LogP contribution in [0.4, 0.5) is 0 Å². The van der Waals surface area contributed by atoms with E-state index in [2.05, 4.69) is 4.98 Å². The van der Waals surface area contributed by atoms with Crippen LogP contribution in [0.3, 0.4) is 0 Å². The number of nitrogens with zero attached hydrogens (tertiary/aromatic N) is 1. The van der Waals surface area contributed by atoms with Crippen LogP contribution in [-0.4, -0.2) is 24.5 Å². The second-order valence-electron chi connectivity index (χ2n) is 7.90. The summed E-state index contributed by atoms with van der Waals surface area (Å²) in [5.74, 6) is -0.182. The molecule has 3 aromatic rings. The van der Waals surface area contributed by atoms with E-state index in [0.717, 1.165) is 0 Å². The van der Waals surface area contributed by atoms with Gasteiger partial charge in [-0.1, -0.05) is 43.1 Å². The highest BCUT2D eigenvalue weighted by Gasteiger charge is 2.27. The molecule has 0 fully saturated rings. The predicted octanol–water partition coefficient (Wildman–Crippen LogP) is 5.01. The number of aromatic nitrogens is 1. The van der Waals surface area contributed by atoms with Gasteiger partial charge < -0.3 is 9.52 Å². The monoisotopic (exact) mass is 482 g/mol. The Hall–Kier alpha value is -2.39. The molecule has 3 N–H and O–H groups in total. The maximum atomic E-state index is 11.6. The van der Waals surface area contributed by atoms with Crippen molar-refractivity contribution in [2.45, 2.75) is 31.6 Å². The van der Waals surface area contributed by atoms with Gasteiger partial charge in [0.05, 0.1) is 21.4 Å². The molecule has 2 aromatic carbocycles. The molecule has 1 heterocycles. The van der Waals surface area contributed by atoms with Crippen LogP contribution in [0.15, 0.2) is 51.8 Å². The molecule has 0 amide bonds. The maximum absolute atomic E-state index is 11.6. The number of primary sulfonamides is 1. The molecule has 3 rings (SSSR count). The molecule has 164 valence electrons. The third kappa shape index (κ3) is 5.65. The molecule has 0 unspecified atom stereocenters. The van der Waals surface area contributed by atoms with Crippen LogP contribution in [-0.2, 0) is 21.2 Å². The fourth-order valence-corrected chi connectivity index (χ4v) is 3.97. The summed E-state index contributed by atoms with van der Waals surface area (Å²) >= 11 is 12.2. The quantitative estimate of drug-likeness (QED) is 0.487. The molecular weight excluding hydrogens is 463 g/mol. The molecule has 0 aliphatic heterocycles. The van der Waals surface area contributed by atoms with Gasteiger partial charge in [-0.3, -0.25) is 4.79 Å². The Bertz CT molecular complexity index is 1240. The Kier molecular flexibility index (Phi) is 6.48. The number of nitrogens with two attached hydrogens (primary N) is 1. The van der Waals surface area contributed by atoms with Gasteiger partial charge in [0.15, 0.2) is 11.7 Å². The number of sulfonamides is 1. The van der Waals surface area contributed by atoms with Gasteiger partial charge in [-0.05, 0) is 41.8 Å². The molecular formula is C21H20Cl2N2O5S. The van der Waals surface area contributed by atoms with Crippen LogP contribution in [0.5, 0.6) is 0 Å². The number of benzene rings is 2. The summed E-state index contributed by atoms with van der Waals surface area (Å²) in [6, 6.07) is 10.9. The Morgan fingerprint density at radius 1 is 1.10 bits per heavy atom. The zero-order valence-corrected chi connectivity index (χ0v) is 19.1. The number of rotatable bonds is 7. The first-order valence-electron chi connectivity index (χ1n) is 9.16. The molecule has 0 saturated heterocycles. The average molecular weight is 483 g/mol. The first-order chi connectivity index (χ1) is 14.4. The number of aliphatic carboxylic acids is 1. The van der Waals surface area contributed by atoms with Crippen molar-refractivity contribution in [1.82, 2.24) is 4.98 Å². The van der Waals surface area contributed by atoms with Gasteiger partial charge in [-0.15, -0.1) is 0 Å². The van der Waals surface area contributed by atoms with Crippen molar-refractivity contribution in [2.24, 2.45) is 10.6 Å². The molecule has 10 heteroatoms. The maximum Gasteiger partial charge on any atom is 0.303 e. The lowest BCUT2D eigenvalue weighted by Gasteiger charge is -2.19. The van der Waals surface area contributed by atoms with Crippen molar-refractivity contribution >= 4 is 39.2 Å². The average Bonchev–Trinajstić information content (AvgIpc) is 3.05. The van der Waals surface area contributed by atoms with Gasteiger partial charge in [0.25, 0.3) is 0 Å². The van der Waals surface area contributed by atoms with Crippen LogP contribution >= 0.6 is 23.2 Å². The Morgan fingerprint density at radius 3 is 2.26 bits per heavy atom. The van der Waals surface area contributed by atoms with E-state index in [4.69, 9.17) is 37.9 Å². The summed E-state index contributed by atoms with van der Waals surface area (Å²) < 4.78 is 29.1. The van der Waals surface area contributed by atoms with Crippen molar-refractivity contribution in [3.8, 4) is 22.6 Å². The number of carbonyl (C=O) groups is 1. The van der Waals surface area contributed by atoms with E-state index in [9.17, 15) is 13.2 Å². The third-order valence-electron chi connectivity index (χ3n) is 4.57. The summed E-state index contributed by atoms with van der Waals surface area (Å²) in [4.78, 5) is 15.7. The highest BCUT2D eigenvalue weighted by Crippen LogP contribution is 2.37. The number of carboxylic acids is 1. The largest absolute Gasteiger partial charge is 0.481 e. The molecule has 0 aliphatic rings. The lowest BCUT2D eigenvalue weighted by atomic mass is 9.86. The van der Waals surface area contributed by atoms with Crippen LogP contribution in [0.25, 0.3) is 22.6 Å². The molecule has 31 heavy (non-hydrogen) atoms. The zero-order chi connectivity index (χ0) is 23.0. The highest BCUT2D eigenvalue weighted by atomic mass is 35.5. The first kappa shape index (κ1) is 23.3. The van der Waals surface area contributed by atoms with E-state index in [-0.39, 0.29) is 17.7 Å². The van der Waals surface area contributed by atoms with Gasteiger partial charge >= 0.3 is 5.97 Å². The van der Waals surface area contributed by atoms with Crippen molar-refractivity contribution in [3.63, 3.8) is 0 Å². The fraction of sp³-hybridized carbons (Fsp3) is 0.238. The molecule has 0 saturated carbocycles. The molecule has 1 aromatic heterocycles. The van der Waals surface area contributed by atoms with Gasteiger partial charge in [-0.2, -0.15) is 0 Å². The minimum absolute atomic E-state index is 0.0327. The van der Waals surface area contributed by atoms with Crippen LogP contribution in [0, 0.1) is 5.41 Å². The Morgan fingerprint density at radius 2 is 1.71 bits per heavy atom. The lowest BCUT2D eigenvalue weighted by molar-refractivity contribution is -0.139. The van der Waals surface area contributed by atoms with Crippen molar-refractivity contribution in [3.05, 3.63) is 58.4 Å². The first-order valence-corrected chi connectivity index (χ1v) is 11.5. The smallest absolute Gasteiger partial charge is 0.303 e. The fourth-order valence-electron chi connectivity index (χ4n) is 3.15. The normalized spacial score (nSPS) is 12.2. The second-order valence-corrected chi connectivity index (χ2v) is 10.3. The van der Waals surface area contributed by atoms with Gasteiger partial charge in [0.1, 0.15) is 5.69 Å². The number of carboxylic acid groups (broad SMARTS) is 1. The lowest BCUT2D eigenvalue weighted by Crippen LogP contribution is -2.19. The zero-order valence-electron chi connectivity index (χ0n) is 16.7. The Balaban J connectivity index is 2.10. The van der Waals surface area contributed by atoms with Crippen LogP contribution in [0.2, 0.25) is 10.0 Å². The molecule has 0 aliphatic carbocycles.